The molecule has 1 amide bonds. The molecular weight excluding hydrogens is 432 g/mol. The molecule has 0 radical (unpaired) electrons. The van der Waals surface area contributed by atoms with Crippen LogP contribution in [0.15, 0.2) is 27.8 Å². The Bertz CT molecular complexity index is 1080. The number of nitrogens with one attached hydrogen (secondary N) is 1. The number of ether oxygens (including phenoxy) is 3. The molecule has 2 rings (SSSR count). The molecule has 11 heteroatoms. The molecule has 0 aliphatic rings. The fraction of sp³-hybridized carbons (Fsp3) is 0.455. The number of aromatic amines is 1. The zero-order valence-corrected chi connectivity index (χ0v) is 19.3. The van der Waals surface area contributed by atoms with Crippen molar-refractivity contribution in [2.75, 3.05) is 38.0 Å². The van der Waals surface area contributed by atoms with Crippen LogP contribution < -0.4 is 31.4 Å². The summed E-state index contributed by atoms with van der Waals surface area (Å²) in [4.78, 5) is 53.6. The zero-order valence-electron chi connectivity index (χ0n) is 19.3. The lowest BCUT2D eigenvalue weighted by atomic mass is 10.2. The summed E-state index contributed by atoms with van der Waals surface area (Å²) in [5, 5.41) is 0. The summed E-state index contributed by atoms with van der Waals surface area (Å²) in [5.74, 6) is -0.761. The second-order valence-electron chi connectivity index (χ2n) is 7.22. The van der Waals surface area contributed by atoms with Crippen LogP contribution >= 0.6 is 0 Å². The van der Waals surface area contributed by atoms with E-state index in [0.29, 0.717) is 24.3 Å². The van der Waals surface area contributed by atoms with Crippen LogP contribution in [0.5, 0.6) is 11.5 Å². The summed E-state index contributed by atoms with van der Waals surface area (Å²) < 4.78 is 16.7. The monoisotopic (exact) mass is 462 g/mol. The molecule has 0 unspecified atom stereocenters. The fourth-order valence-corrected chi connectivity index (χ4v) is 3.18. The first-order valence-corrected chi connectivity index (χ1v) is 10.6. The minimum Gasteiger partial charge on any atom is -0.497 e. The molecule has 0 spiro atoms. The Morgan fingerprint density at radius 2 is 1.70 bits per heavy atom. The number of nitrogen functional groups attached to an aromatic ring is 1. The third kappa shape index (κ3) is 6.15. The van der Waals surface area contributed by atoms with E-state index in [0.717, 1.165) is 11.3 Å². The topological polar surface area (TPSA) is 146 Å². The number of carbonyl (C=O) groups is 2. The number of hydrogen-bond donors (Lipinski definition) is 2. The van der Waals surface area contributed by atoms with Gasteiger partial charge in [-0.15, -0.1) is 0 Å². The van der Waals surface area contributed by atoms with Crippen molar-refractivity contribution in [1.29, 1.82) is 0 Å². The molecule has 3 N–H and O–H groups in total. The molecule has 33 heavy (non-hydrogen) atoms. The number of H-pyrrole nitrogens is 1. The Morgan fingerprint density at radius 3 is 2.24 bits per heavy atom. The minimum absolute atomic E-state index is 0.112. The maximum atomic E-state index is 13.0. The molecule has 11 nitrogen and oxygen atoms in total. The quantitative estimate of drug-likeness (QED) is 0.478. The first kappa shape index (κ1) is 25.5. The first-order valence-electron chi connectivity index (χ1n) is 10.6. The van der Waals surface area contributed by atoms with Crippen molar-refractivity contribution in [2.24, 2.45) is 0 Å². The number of unbranched alkanes of at least 4 members (excludes halogenated alkanes) is 1. The molecular formula is C22H30N4O7. The van der Waals surface area contributed by atoms with Gasteiger partial charge in [0.25, 0.3) is 11.5 Å². The van der Waals surface area contributed by atoms with Crippen LogP contribution in [0, 0.1) is 0 Å². The van der Waals surface area contributed by atoms with E-state index in [9.17, 15) is 19.2 Å². The number of rotatable bonds is 11. The normalized spacial score (nSPS) is 10.5. The lowest BCUT2D eigenvalue weighted by Gasteiger charge is -2.24. The van der Waals surface area contributed by atoms with Crippen molar-refractivity contribution >= 4 is 23.4 Å². The molecule has 0 saturated carbocycles. The Kier molecular flexibility index (Phi) is 9.08. The number of benzene rings is 1. The Labute approximate surface area is 191 Å². The number of anilines is 2. The number of amides is 1. The largest absolute Gasteiger partial charge is 0.497 e. The van der Waals surface area contributed by atoms with E-state index in [4.69, 9.17) is 19.9 Å². The Hall–Kier alpha value is -3.76. The van der Waals surface area contributed by atoms with Gasteiger partial charge in [0, 0.05) is 19.2 Å². The smallest absolute Gasteiger partial charge is 0.338 e. The van der Waals surface area contributed by atoms with Crippen molar-refractivity contribution in [3.05, 3.63) is 44.6 Å². The van der Waals surface area contributed by atoms with E-state index in [1.807, 2.05) is 13.8 Å². The second kappa shape index (κ2) is 11.7. The molecule has 0 fully saturated rings. The molecule has 0 aliphatic heterocycles. The highest BCUT2D eigenvalue weighted by Crippen LogP contribution is 2.23. The summed E-state index contributed by atoms with van der Waals surface area (Å²) >= 11 is 0. The van der Waals surface area contributed by atoms with Crippen molar-refractivity contribution in [3.63, 3.8) is 0 Å². The summed E-state index contributed by atoms with van der Waals surface area (Å²) in [6.45, 7) is 3.58. The lowest BCUT2D eigenvalue weighted by Crippen LogP contribution is -2.43. The highest BCUT2D eigenvalue weighted by molar-refractivity contribution is 5.98. The SMILES string of the molecule is CCCCN(C(=O)COC(=O)c1cc(OC)cc(OC)c1)c1c(N)n(CCC)c(=O)[nH]c1=O. The first-order chi connectivity index (χ1) is 15.8. The molecule has 0 atom stereocenters. The van der Waals surface area contributed by atoms with Crippen molar-refractivity contribution in [2.45, 2.75) is 39.7 Å². The van der Waals surface area contributed by atoms with E-state index in [1.165, 1.54) is 30.9 Å². The van der Waals surface area contributed by atoms with Gasteiger partial charge in [0.1, 0.15) is 17.3 Å². The maximum Gasteiger partial charge on any atom is 0.338 e. The summed E-state index contributed by atoms with van der Waals surface area (Å²) in [6, 6.07) is 4.50. The van der Waals surface area contributed by atoms with Crippen LogP contribution in [-0.2, 0) is 16.1 Å². The lowest BCUT2D eigenvalue weighted by molar-refractivity contribution is -0.121. The van der Waals surface area contributed by atoms with E-state index in [2.05, 4.69) is 4.98 Å². The van der Waals surface area contributed by atoms with Crippen LogP contribution in [0.4, 0.5) is 11.5 Å². The minimum atomic E-state index is -0.779. The molecule has 1 heterocycles. The van der Waals surface area contributed by atoms with Crippen molar-refractivity contribution in [1.82, 2.24) is 9.55 Å². The van der Waals surface area contributed by atoms with Gasteiger partial charge in [-0.3, -0.25) is 19.1 Å². The number of nitrogens with two attached hydrogens (primary N) is 1. The summed E-state index contributed by atoms with van der Waals surface area (Å²) in [5.41, 5.74) is 4.67. The van der Waals surface area contributed by atoms with Crippen molar-refractivity contribution in [3.8, 4) is 11.5 Å². The molecule has 0 bridgehead atoms. The fourth-order valence-electron chi connectivity index (χ4n) is 3.18. The van der Waals surface area contributed by atoms with Gasteiger partial charge in [-0.2, -0.15) is 0 Å². The predicted molar refractivity (Wildman–Crippen MR) is 123 cm³/mol. The standard InChI is InChI=1S/C22H30N4O7/c1-5-7-9-25(18-19(23)26(8-6-2)22(30)24-20(18)28)17(27)13-33-21(29)14-10-15(31-3)12-16(11-14)32-4/h10-12H,5-9,13,23H2,1-4H3,(H,24,28,30). The number of hydrogen-bond acceptors (Lipinski definition) is 8. The zero-order chi connectivity index (χ0) is 24.5. The van der Waals surface area contributed by atoms with Gasteiger partial charge in [-0.25, -0.2) is 9.59 Å². The molecule has 0 aliphatic carbocycles. The molecule has 1 aromatic heterocycles. The van der Waals surface area contributed by atoms with E-state index >= 15 is 0 Å². The molecule has 1 aromatic carbocycles. The third-order valence-corrected chi connectivity index (χ3v) is 4.88. The van der Waals surface area contributed by atoms with Crippen LogP contribution in [0.2, 0.25) is 0 Å². The number of nitrogens with zero attached hydrogens (tertiary/aromatic N) is 2. The average Bonchev–Trinajstić information content (AvgIpc) is 2.81. The van der Waals surface area contributed by atoms with Gasteiger partial charge in [-0.1, -0.05) is 20.3 Å². The van der Waals surface area contributed by atoms with Gasteiger partial charge in [0.05, 0.1) is 19.8 Å². The molecule has 2 aromatic rings. The highest BCUT2D eigenvalue weighted by atomic mass is 16.5. The molecule has 180 valence electrons. The van der Waals surface area contributed by atoms with Gasteiger partial charge in [0.2, 0.25) is 0 Å². The third-order valence-electron chi connectivity index (χ3n) is 4.88. The van der Waals surface area contributed by atoms with Crippen LogP contribution in [-0.4, -0.2) is 48.8 Å². The Balaban J connectivity index is 2.31. The Morgan fingerprint density at radius 1 is 1.06 bits per heavy atom. The van der Waals surface area contributed by atoms with E-state index in [-0.39, 0.29) is 30.2 Å². The number of carbonyl (C=O) groups excluding carboxylic acids is 2. The maximum absolute atomic E-state index is 13.0. The van der Waals surface area contributed by atoms with Crippen LogP contribution in [0.3, 0.4) is 0 Å². The van der Waals surface area contributed by atoms with Gasteiger partial charge in [0.15, 0.2) is 12.3 Å². The van der Waals surface area contributed by atoms with Gasteiger partial charge >= 0.3 is 11.7 Å². The van der Waals surface area contributed by atoms with Crippen LogP contribution in [0.1, 0.15) is 43.5 Å². The summed E-state index contributed by atoms with van der Waals surface area (Å²) in [6.07, 6.45) is 1.90. The number of aromatic nitrogens is 2. The molecule has 0 saturated heterocycles. The number of esters is 1. The van der Waals surface area contributed by atoms with Gasteiger partial charge in [-0.05, 0) is 25.0 Å². The van der Waals surface area contributed by atoms with Crippen LogP contribution in [0.25, 0.3) is 0 Å². The van der Waals surface area contributed by atoms with E-state index in [1.54, 1.807) is 6.07 Å². The van der Waals surface area contributed by atoms with Crippen molar-refractivity contribution < 1.29 is 23.8 Å². The van der Waals surface area contributed by atoms with E-state index < -0.39 is 29.7 Å². The summed E-state index contributed by atoms with van der Waals surface area (Å²) in [7, 11) is 2.89. The average molecular weight is 463 g/mol. The van der Waals surface area contributed by atoms with Gasteiger partial charge < -0.3 is 24.8 Å². The highest BCUT2D eigenvalue weighted by Gasteiger charge is 2.25. The number of methoxy groups -OCH3 is 2. The second-order valence-corrected chi connectivity index (χ2v) is 7.22. The predicted octanol–water partition coefficient (Wildman–Crippen LogP) is 1.54.